The summed E-state index contributed by atoms with van der Waals surface area (Å²) in [6.45, 7) is 1.83. The van der Waals surface area contributed by atoms with Gasteiger partial charge in [0.2, 0.25) is 11.8 Å². The number of hydrogen-bond acceptors (Lipinski definition) is 5. The van der Waals surface area contributed by atoms with E-state index < -0.39 is 0 Å². The van der Waals surface area contributed by atoms with Crippen LogP contribution >= 0.6 is 23.4 Å². The highest BCUT2D eigenvalue weighted by Gasteiger charge is 2.17. The van der Waals surface area contributed by atoms with Crippen LogP contribution in [0.2, 0.25) is 5.02 Å². The predicted molar refractivity (Wildman–Crippen MR) is 134 cm³/mol. The fourth-order valence-electron chi connectivity index (χ4n) is 3.01. The summed E-state index contributed by atoms with van der Waals surface area (Å²) in [5.41, 5.74) is 2.13. The van der Waals surface area contributed by atoms with Gasteiger partial charge in [0.25, 0.3) is 0 Å². The second-order valence-corrected chi connectivity index (χ2v) is 9.04. The average Bonchev–Trinajstić information content (AvgIpc) is 2.81. The minimum atomic E-state index is -0.355. The highest BCUT2D eigenvalue weighted by molar-refractivity contribution is 8.00. The first-order valence-electron chi connectivity index (χ1n) is 10.2. The van der Waals surface area contributed by atoms with Crippen molar-refractivity contribution in [3.63, 3.8) is 0 Å². The third-order valence-electron chi connectivity index (χ3n) is 4.76. The molecule has 8 heteroatoms. The van der Waals surface area contributed by atoms with Crippen LogP contribution in [-0.2, 0) is 16.0 Å². The number of carbonyl (C=O) groups excluding carboxylic acids is 2. The van der Waals surface area contributed by atoms with E-state index in [1.54, 1.807) is 44.6 Å². The van der Waals surface area contributed by atoms with Gasteiger partial charge in [0.05, 0.1) is 31.6 Å². The molecule has 0 aromatic heterocycles. The van der Waals surface area contributed by atoms with E-state index in [2.05, 4.69) is 10.6 Å². The van der Waals surface area contributed by atoms with Crippen LogP contribution in [0.1, 0.15) is 12.5 Å². The lowest BCUT2D eigenvalue weighted by atomic mass is 10.1. The van der Waals surface area contributed by atoms with Gasteiger partial charge in [0.1, 0.15) is 11.5 Å². The fraction of sp³-hybridized carbons (Fsp3) is 0.200. The zero-order valence-corrected chi connectivity index (χ0v) is 20.1. The largest absolute Gasteiger partial charge is 0.497 e. The van der Waals surface area contributed by atoms with Gasteiger partial charge < -0.3 is 20.1 Å². The van der Waals surface area contributed by atoms with Crippen LogP contribution in [-0.4, -0.2) is 31.3 Å². The Balaban J connectivity index is 1.55. The maximum Gasteiger partial charge on any atom is 0.237 e. The van der Waals surface area contributed by atoms with Crippen LogP contribution in [0.15, 0.2) is 71.6 Å². The molecule has 1 unspecified atom stereocenters. The molecular weight excluding hydrogens is 460 g/mol. The Kier molecular flexibility index (Phi) is 8.63. The summed E-state index contributed by atoms with van der Waals surface area (Å²) < 4.78 is 10.5. The molecule has 0 fully saturated rings. The lowest BCUT2D eigenvalue weighted by molar-refractivity contribution is -0.116. The molecule has 1 atom stereocenters. The molecule has 3 aromatic rings. The molecule has 0 heterocycles. The quantitative estimate of drug-likeness (QED) is 0.383. The van der Waals surface area contributed by atoms with Gasteiger partial charge >= 0.3 is 0 Å². The van der Waals surface area contributed by atoms with Crippen LogP contribution in [0, 0.1) is 0 Å². The van der Waals surface area contributed by atoms with Crippen LogP contribution in [0.4, 0.5) is 11.4 Å². The van der Waals surface area contributed by atoms with E-state index in [-0.39, 0.29) is 23.5 Å². The van der Waals surface area contributed by atoms with Crippen LogP contribution < -0.4 is 20.1 Å². The van der Waals surface area contributed by atoms with Crippen molar-refractivity contribution in [3.8, 4) is 11.5 Å². The molecule has 0 saturated carbocycles. The van der Waals surface area contributed by atoms with Crippen molar-refractivity contribution in [2.24, 2.45) is 0 Å². The number of hydrogen-bond donors (Lipinski definition) is 2. The number of ether oxygens (including phenoxy) is 2. The molecule has 2 amide bonds. The normalized spacial score (nSPS) is 11.4. The van der Waals surface area contributed by atoms with E-state index in [1.165, 1.54) is 11.8 Å². The van der Waals surface area contributed by atoms with E-state index in [1.807, 2.05) is 43.3 Å². The summed E-state index contributed by atoms with van der Waals surface area (Å²) in [6, 6.07) is 19.8. The van der Waals surface area contributed by atoms with E-state index in [4.69, 9.17) is 21.1 Å². The van der Waals surface area contributed by atoms with Crippen molar-refractivity contribution in [3.05, 3.63) is 77.3 Å². The lowest BCUT2D eigenvalue weighted by Crippen LogP contribution is -2.22. The number of carbonyl (C=O) groups is 2. The Morgan fingerprint density at radius 2 is 1.64 bits per heavy atom. The monoisotopic (exact) mass is 484 g/mol. The van der Waals surface area contributed by atoms with Crippen LogP contribution in [0.25, 0.3) is 0 Å². The molecule has 172 valence electrons. The average molecular weight is 485 g/mol. The maximum atomic E-state index is 12.7. The maximum absolute atomic E-state index is 12.7. The minimum Gasteiger partial charge on any atom is -0.497 e. The van der Waals surface area contributed by atoms with E-state index in [9.17, 15) is 9.59 Å². The summed E-state index contributed by atoms with van der Waals surface area (Å²) in [5.74, 6) is 0.907. The van der Waals surface area contributed by atoms with Gasteiger partial charge in [-0.05, 0) is 61.0 Å². The van der Waals surface area contributed by atoms with Crippen molar-refractivity contribution < 1.29 is 19.1 Å². The third kappa shape index (κ3) is 7.17. The summed E-state index contributed by atoms with van der Waals surface area (Å²) in [6.07, 6.45) is 0.263. The van der Waals surface area contributed by atoms with E-state index in [0.29, 0.717) is 27.9 Å². The van der Waals surface area contributed by atoms with Gasteiger partial charge in [-0.2, -0.15) is 0 Å². The lowest BCUT2D eigenvalue weighted by Gasteiger charge is -2.15. The zero-order valence-electron chi connectivity index (χ0n) is 18.6. The van der Waals surface area contributed by atoms with E-state index >= 15 is 0 Å². The molecule has 0 bridgehead atoms. The molecule has 2 N–H and O–H groups in total. The molecular formula is C25H25ClN2O4S. The molecule has 3 rings (SSSR count). The van der Waals surface area contributed by atoms with E-state index in [0.717, 1.165) is 10.5 Å². The van der Waals surface area contributed by atoms with Crippen molar-refractivity contribution in [2.45, 2.75) is 23.5 Å². The van der Waals surface area contributed by atoms with Gasteiger partial charge in [-0.3, -0.25) is 9.59 Å². The number of halogens is 1. The Bertz CT molecular complexity index is 1100. The first-order chi connectivity index (χ1) is 15.9. The highest BCUT2D eigenvalue weighted by Crippen LogP contribution is 2.31. The fourth-order valence-corrected chi connectivity index (χ4v) is 4.01. The Morgan fingerprint density at radius 3 is 2.27 bits per heavy atom. The minimum absolute atomic E-state index is 0.113. The van der Waals surface area contributed by atoms with Gasteiger partial charge in [-0.25, -0.2) is 0 Å². The summed E-state index contributed by atoms with van der Waals surface area (Å²) in [5, 5.41) is 6.05. The first kappa shape index (κ1) is 24.5. The highest BCUT2D eigenvalue weighted by atomic mass is 35.5. The first-order valence-corrected chi connectivity index (χ1v) is 11.5. The van der Waals surface area contributed by atoms with Gasteiger partial charge in [-0.15, -0.1) is 11.8 Å². The Hall–Kier alpha value is -3.16. The molecule has 0 aliphatic heterocycles. The molecule has 33 heavy (non-hydrogen) atoms. The summed E-state index contributed by atoms with van der Waals surface area (Å²) in [7, 11) is 3.11. The number of benzene rings is 3. The molecule has 0 aliphatic rings. The number of nitrogens with one attached hydrogen (secondary N) is 2. The van der Waals surface area contributed by atoms with Crippen molar-refractivity contribution >= 4 is 46.6 Å². The smallest absolute Gasteiger partial charge is 0.237 e. The van der Waals surface area contributed by atoms with Gasteiger partial charge in [-0.1, -0.05) is 23.7 Å². The van der Waals surface area contributed by atoms with Gasteiger partial charge in [0, 0.05) is 21.7 Å². The SMILES string of the molecule is COc1ccc(OC)c(NC(=O)C(C)Sc2ccc(NC(=O)Cc3ccc(Cl)cc3)cc2)c1. The molecule has 0 saturated heterocycles. The van der Waals surface area contributed by atoms with Gasteiger partial charge in [0.15, 0.2) is 0 Å². The number of amides is 2. The second-order valence-electron chi connectivity index (χ2n) is 7.19. The zero-order chi connectivity index (χ0) is 23.8. The molecule has 0 radical (unpaired) electrons. The number of methoxy groups -OCH3 is 2. The van der Waals surface area contributed by atoms with Crippen LogP contribution in [0.5, 0.6) is 11.5 Å². The topological polar surface area (TPSA) is 76.7 Å². The molecule has 0 spiro atoms. The summed E-state index contributed by atoms with van der Waals surface area (Å²) in [4.78, 5) is 25.9. The number of rotatable bonds is 9. The molecule has 3 aromatic carbocycles. The molecule has 0 aliphatic carbocycles. The standard InChI is InChI=1S/C25H25ClN2O4S/c1-16(25(30)28-22-15-20(31-2)10-13-23(22)32-3)33-21-11-8-19(9-12-21)27-24(29)14-17-4-6-18(26)7-5-17/h4-13,15-16H,14H2,1-3H3,(H,27,29)(H,28,30). The number of anilines is 2. The summed E-state index contributed by atoms with van der Waals surface area (Å²) >= 11 is 7.29. The number of thioether (sulfide) groups is 1. The second kappa shape index (κ2) is 11.6. The Labute approximate surface area is 202 Å². The third-order valence-corrected chi connectivity index (χ3v) is 6.13. The van der Waals surface area contributed by atoms with Crippen molar-refractivity contribution in [1.82, 2.24) is 0 Å². The van der Waals surface area contributed by atoms with Crippen molar-refractivity contribution in [1.29, 1.82) is 0 Å². The van der Waals surface area contributed by atoms with Crippen molar-refractivity contribution in [2.75, 3.05) is 24.9 Å². The Morgan fingerprint density at radius 1 is 0.939 bits per heavy atom. The molecule has 6 nitrogen and oxygen atoms in total. The van der Waals surface area contributed by atoms with Crippen LogP contribution in [0.3, 0.4) is 0 Å². The predicted octanol–water partition coefficient (Wildman–Crippen LogP) is 5.66.